The van der Waals surface area contributed by atoms with E-state index in [1.807, 2.05) is 0 Å². The maximum Gasteiger partial charge on any atom is 0.309 e. The fourth-order valence-electron chi connectivity index (χ4n) is 1.76. The lowest BCUT2D eigenvalue weighted by atomic mass is 9.80. The van der Waals surface area contributed by atoms with Crippen molar-refractivity contribution in [1.29, 1.82) is 0 Å². The Hall–Kier alpha value is -0.970. The van der Waals surface area contributed by atoms with Crippen molar-refractivity contribution in [3.05, 3.63) is 0 Å². The molecule has 1 saturated carbocycles. The van der Waals surface area contributed by atoms with Crippen molar-refractivity contribution in [3.63, 3.8) is 0 Å². The summed E-state index contributed by atoms with van der Waals surface area (Å²) in [6, 6.07) is 0. The monoisotopic (exact) mass is 166 g/mol. The summed E-state index contributed by atoms with van der Waals surface area (Å²) in [6.45, 7) is 0. The van der Waals surface area contributed by atoms with E-state index in [-0.39, 0.29) is 17.8 Å². The van der Waals surface area contributed by atoms with Crippen LogP contribution in [0.5, 0.6) is 0 Å². The molecule has 0 aromatic heterocycles. The molecule has 0 amide bonds. The first-order valence-electron chi connectivity index (χ1n) is 4.33. The average Bonchev–Trinajstić information content (AvgIpc) is 2.16. The van der Waals surface area contributed by atoms with E-state index in [2.05, 4.69) is 10.7 Å². The van der Waals surface area contributed by atoms with Crippen molar-refractivity contribution in [2.75, 3.05) is 7.11 Å². The number of terminal acetylenes is 1. The number of esters is 1. The van der Waals surface area contributed by atoms with Gasteiger partial charge in [0.05, 0.1) is 13.0 Å². The molecule has 2 nitrogen and oxygen atoms in total. The van der Waals surface area contributed by atoms with Crippen LogP contribution in [-0.2, 0) is 9.53 Å². The predicted octanol–water partition coefficient (Wildman–Crippen LogP) is 1.60. The quantitative estimate of drug-likeness (QED) is 0.437. The number of ether oxygens (including phenoxy) is 1. The molecule has 1 fully saturated rings. The zero-order valence-corrected chi connectivity index (χ0v) is 7.38. The Kier molecular flexibility index (Phi) is 3.16. The molecular weight excluding hydrogens is 152 g/mol. The minimum absolute atomic E-state index is 0.0475. The van der Waals surface area contributed by atoms with Crippen molar-refractivity contribution in [3.8, 4) is 12.3 Å². The molecule has 1 aliphatic carbocycles. The van der Waals surface area contributed by atoms with E-state index in [9.17, 15) is 4.79 Å². The highest BCUT2D eigenvalue weighted by molar-refractivity contribution is 5.73. The standard InChI is InChI=1S/C10H14O2/c1-3-8-6-4-5-7-9(8)10(11)12-2/h1,8-9H,4-7H2,2H3/t8-,9+/m0/s1. The molecule has 2 atom stereocenters. The van der Waals surface area contributed by atoms with Gasteiger partial charge in [0.25, 0.3) is 0 Å². The van der Waals surface area contributed by atoms with Crippen molar-refractivity contribution < 1.29 is 9.53 Å². The summed E-state index contributed by atoms with van der Waals surface area (Å²) >= 11 is 0. The summed E-state index contributed by atoms with van der Waals surface area (Å²) in [5.74, 6) is 2.58. The third-order valence-corrected chi connectivity index (χ3v) is 2.48. The third-order valence-electron chi connectivity index (χ3n) is 2.48. The number of methoxy groups -OCH3 is 1. The minimum Gasteiger partial charge on any atom is -0.469 e. The SMILES string of the molecule is C#C[C@H]1CCCC[C@H]1C(=O)OC. The smallest absolute Gasteiger partial charge is 0.309 e. The maximum atomic E-state index is 11.2. The lowest BCUT2D eigenvalue weighted by Crippen LogP contribution is -2.27. The number of carbonyl (C=O) groups excluding carboxylic acids is 1. The second-order valence-electron chi connectivity index (χ2n) is 3.19. The molecule has 0 N–H and O–H groups in total. The summed E-state index contributed by atoms with van der Waals surface area (Å²) in [5, 5.41) is 0. The number of carbonyl (C=O) groups is 1. The highest BCUT2D eigenvalue weighted by Gasteiger charge is 2.30. The summed E-state index contributed by atoms with van der Waals surface area (Å²) in [4.78, 5) is 11.2. The molecule has 0 bridgehead atoms. The maximum absolute atomic E-state index is 11.2. The molecule has 0 heterocycles. The van der Waals surface area contributed by atoms with Crippen LogP contribution >= 0.6 is 0 Å². The van der Waals surface area contributed by atoms with Gasteiger partial charge in [-0.05, 0) is 12.8 Å². The number of hydrogen-bond donors (Lipinski definition) is 0. The summed E-state index contributed by atoms with van der Waals surface area (Å²) in [7, 11) is 1.42. The van der Waals surface area contributed by atoms with E-state index in [1.165, 1.54) is 7.11 Å². The van der Waals surface area contributed by atoms with E-state index >= 15 is 0 Å². The van der Waals surface area contributed by atoms with Gasteiger partial charge in [0, 0.05) is 5.92 Å². The molecule has 0 spiro atoms. The Morgan fingerprint density at radius 1 is 1.50 bits per heavy atom. The number of rotatable bonds is 1. The Morgan fingerprint density at radius 3 is 2.75 bits per heavy atom. The molecular formula is C10H14O2. The lowest BCUT2D eigenvalue weighted by molar-refractivity contribution is -0.147. The van der Waals surface area contributed by atoms with Gasteiger partial charge in [0.15, 0.2) is 0 Å². The Balaban J connectivity index is 2.60. The first-order chi connectivity index (χ1) is 5.79. The van der Waals surface area contributed by atoms with Crippen LogP contribution in [-0.4, -0.2) is 13.1 Å². The fraction of sp³-hybridized carbons (Fsp3) is 0.700. The topological polar surface area (TPSA) is 26.3 Å². The summed E-state index contributed by atoms with van der Waals surface area (Å²) in [5.41, 5.74) is 0. The van der Waals surface area contributed by atoms with Gasteiger partial charge in [0.1, 0.15) is 0 Å². The molecule has 0 aromatic carbocycles. The van der Waals surface area contributed by atoms with Gasteiger partial charge >= 0.3 is 5.97 Å². The molecule has 0 aliphatic heterocycles. The van der Waals surface area contributed by atoms with Gasteiger partial charge in [-0.1, -0.05) is 12.8 Å². The van der Waals surface area contributed by atoms with Crippen molar-refractivity contribution >= 4 is 5.97 Å². The molecule has 0 saturated heterocycles. The first kappa shape index (κ1) is 9.12. The van der Waals surface area contributed by atoms with E-state index in [0.29, 0.717) is 0 Å². The van der Waals surface area contributed by atoms with Crippen molar-refractivity contribution in [2.24, 2.45) is 11.8 Å². The Morgan fingerprint density at radius 2 is 2.17 bits per heavy atom. The second-order valence-corrected chi connectivity index (χ2v) is 3.19. The molecule has 2 heteroatoms. The van der Waals surface area contributed by atoms with E-state index in [1.54, 1.807) is 0 Å². The van der Waals surface area contributed by atoms with E-state index < -0.39 is 0 Å². The molecule has 1 aliphatic rings. The van der Waals surface area contributed by atoms with Gasteiger partial charge in [-0.15, -0.1) is 12.3 Å². The van der Waals surface area contributed by atoms with Crippen LogP contribution < -0.4 is 0 Å². The molecule has 0 unspecified atom stereocenters. The molecule has 0 aromatic rings. The van der Waals surface area contributed by atoms with Crippen LogP contribution in [0.3, 0.4) is 0 Å². The Labute approximate surface area is 73.3 Å². The minimum atomic E-state index is -0.141. The van der Waals surface area contributed by atoms with Gasteiger partial charge in [-0.2, -0.15) is 0 Å². The number of hydrogen-bond acceptors (Lipinski definition) is 2. The van der Waals surface area contributed by atoms with Crippen LogP contribution in [0.2, 0.25) is 0 Å². The second kappa shape index (κ2) is 4.15. The van der Waals surface area contributed by atoms with Crippen LogP contribution in [0, 0.1) is 24.2 Å². The lowest BCUT2D eigenvalue weighted by Gasteiger charge is -2.25. The fourth-order valence-corrected chi connectivity index (χ4v) is 1.76. The van der Waals surface area contributed by atoms with Crippen LogP contribution in [0.4, 0.5) is 0 Å². The van der Waals surface area contributed by atoms with Crippen LogP contribution in [0.15, 0.2) is 0 Å². The Bertz CT molecular complexity index is 202. The van der Waals surface area contributed by atoms with Crippen LogP contribution in [0.1, 0.15) is 25.7 Å². The molecule has 12 heavy (non-hydrogen) atoms. The molecule has 1 rings (SSSR count). The highest BCUT2D eigenvalue weighted by Crippen LogP contribution is 2.30. The van der Waals surface area contributed by atoms with E-state index in [4.69, 9.17) is 6.42 Å². The first-order valence-corrected chi connectivity index (χ1v) is 4.33. The predicted molar refractivity (Wildman–Crippen MR) is 46.3 cm³/mol. The zero-order valence-electron chi connectivity index (χ0n) is 7.38. The summed E-state index contributed by atoms with van der Waals surface area (Å²) < 4.78 is 4.69. The summed E-state index contributed by atoms with van der Waals surface area (Å²) in [6.07, 6.45) is 9.42. The molecule has 0 radical (unpaired) electrons. The average molecular weight is 166 g/mol. The third kappa shape index (κ3) is 1.79. The largest absolute Gasteiger partial charge is 0.469 e. The van der Waals surface area contributed by atoms with Crippen molar-refractivity contribution in [1.82, 2.24) is 0 Å². The van der Waals surface area contributed by atoms with Crippen LogP contribution in [0.25, 0.3) is 0 Å². The zero-order chi connectivity index (χ0) is 8.97. The highest BCUT2D eigenvalue weighted by atomic mass is 16.5. The van der Waals surface area contributed by atoms with Crippen molar-refractivity contribution in [2.45, 2.75) is 25.7 Å². The van der Waals surface area contributed by atoms with Gasteiger partial charge in [-0.25, -0.2) is 0 Å². The molecule has 66 valence electrons. The van der Waals surface area contributed by atoms with Gasteiger partial charge in [-0.3, -0.25) is 4.79 Å². The van der Waals surface area contributed by atoms with Gasteiger partial charge in [0.2, 0.25) is 0 Å². The van der Waals surface area contributed by atoms with E-state index in [0.717, 1.165) is 25.7 Å². The normalized spacial score (nSPS) is 29.0. The van der Waals surface area contributed by atoms with Gasteiger partial charge < -0.3 is 4.74 Å².